The predicted octanol–water partition coefficient (Wildman–Crippen LogP) is 4.23. The van der Waals surface area contributed by atoms with Crippen molar-refractivity contribution in [3.63, 3.8) is 0 Å². The highest BCUT2D eigenvalue weighted by Crippen LogP contribution is 2.36. The number of ether oxygens (including phenoxy) is 1. The fourth-order valence-corrected chi connectivity index (χ4v) is 3.06. The largest absolute Gasteiger partial charge is 0.487 e. The molecule has 1 aliphatic carbocycles. The minimum absolute atomic E-state index is 0.0443. The molecule has 0 amide bonds. The van der Waals surface area contributed by atoms with Crippen LogP contribution in [0.3, 0.4) is 0 Å². The Morgan fingerprint density at radius 2 is 2.14 bits per heavy atom. The third-order valence-electron chi connectivity index (χ3n) is 4.33. The number of hydrogen-bond donors (Lipinski definition) is 1. The van der Waals surface area contributed by atoms with E-state index in [2.05, 4.69) is 12.2 Å². The lowest BCUT2D eigenvalue weighted by molar-refractivity contribution is -0.384. The van der Waals surface area contributed by atoms with E-state index in [1.807, 2.05) is 6.92 Å². The maximum Gasteiger partial charge on any atom is 0.333 e. The van der Waals surface area contributed by atoms with Gasteiger partial charge in [-0.2, -0.15) is 0 Å². The average molecular weight is 292 g/mol. The van der Waals surface area contributed by atoms with E-state index in [4.69, 9.17) is 4.74 Å². The summed E-state index contributed by atoms with van der Waals surface area (Å²) < 4.78 is 5.37. The topological polar surface area (TPSA) is 64.4 Å². The highest BCUT2D eigenvalue weighted by molar-refractivity contribution is 5.68. The summed E-state index contributed by atoms with van der Waals surface area (Å²) in [6, 6.07) is 5.20. The smallest absolute Gasteiger partial charge is 0.333 e. The summed E-state index contributed by atoms with van der Waals surface area (Å²) in [4.78, 5) is 11.0. The molecule has 0 saturated heterocycles. The standard InChI is InChI=1S/C16H24N2O3/c1-3-21-15-10-6-9-14(16(15)18(19)20)17-11-13-8-5-4-7-12(13)2/h6,9-10,12-13,17H,3-5,7-8,11H2,1-2H3. The average Bonchev–Trinajstić information content (AvgIpc) is 2.46. The number of nitrogens with zero attached hydrogens (tertiary/aromatic N) is 1. The van der Waals surface area contributed by atoms with Gasteiger partial charge in [0.05, 0.1) is 11.5 Å². The summed E-state index contributed by atoms with van der Waals surface area (Å²) in [7, 11) is 0. The molecule has 0 radical (unpaired) electrons. The van der Waals surface area contributed by atoms with E-state index in [9.17, 15) is 10.1 Å². The molecule has 0 aliphatic heterocycles. The number of rotatable bonds is 6. The summed E-state index contributed by atoms with van der Waals surface area (Å²) in [5, 5.41) is 14.6. The molecule has 5 nitrogen and oxygen atoms in total. The molecule has 0 heterocycles. The van der Waals surface area contributed by atoms with Crippen LogP contribution in [0, 0.1) is 22.0 Å². The highest BCUT2D eigenvalue weighted by Gasteiger charge is 2.24. The second kappa shape index (κ2) is 7.29. The Kier molecular flexibility index (Phi) is 5.42. The Balaban J connectivity index is 2.11. The molecule has 1 N–H and O–H groups in total. The molecular formula is C16H24N2O3. The molecule has 2 atom stereocenters. The maximum absolute atomic E-state index is 11.3. The summed E-state index contributed by atoms with van der Waals surface area (Å²) in [6.45, 7) is 5.31. The Hall–Kier alpha value is -1.78. The fourth-order valence-electron chi connectivity index (χ4n) is 3.06. The molecule has 2 rings (SSSR count). The fraction of sp³-hybridized carbons (Fsp3) is 0.625. The van der Waals surface area contributed by atoms with Crippen LogP contribution >= 0.6 is 0 Å². The van der Waals surface area contributed by atoms with Gasteiger partial charge >= 0.3 is 5.69 Å². The number of anilines is 1. The number of nitro benzene ring substituents is 1. The van der Waals surface area contributed by atoms with E-state index in [0.717, 1.165) is 6.54 Å². The van der Waals surface area contributed by atoms with Crippen molar-refractivity contribution in [1.29, 1.82) is 0 Å². The van der Waals surface area contributed by atoms with E-state index >= 15 is 0 Å². The van der Waals surface area contributed by atoms with Crippen molar-refractivity contribution in [3.8, 4) is 5.75 Å². The number of nitrogens with one attached hydrogen (secondary N) is 1. The Labute approximate surface area is 125 Å². The predicted molar refractivity (Wildman–Crippen MR) is 83.9 cm³/mol. The van der Waals surface area contributed by atoms with Crippen molar-refractivity contribution in [2.24, 2.45) is 11.8 Å². The monoisotopic (exact) mass is 292 g/mol. The van der Waals surface area contributed by atoms with Crippen molar-refractivity contribution in [2.45, 2.75) is 39.5 Å². The van der Waals surface area contributed by atoms with Crippen molar-refractivity contribution in [1.82, 2.24) is 0 Å². The zero-order valence-corrected chi connectivity index (χ0v) is 12.8. The van der Waals surface area contributed by atoms with Gasteiger partial charge in [0.2, 0.25) is 0 Å². The molecule has 0 bridgehead atoms. The molecule has 1 aliphatic rings. The summed E-state index contributed by atoms with van der Waals surface area (Å²) in [6.07, 6.45) is 5.02. The lowest BCUT2D eigenvalue weighted by atomic mass is 9.80. The van der Waals surface area contributed by atoms with E-state index in [1.54, 1.807) is 18.2 Å². The first-order valence-electron chi connectivity index (χ1n) is 7.77. The number of para-hydroxylation sites is 1. The van der Waals surface area contributed by atoms with Crippen LogP contribution in [-0.2, 0) is 0 Å². The Morgan fingerprint density at radius 1 is 1.38 bits per heavy atom. The zero-order chi connectivity index (χ0) is 15.2. The van der Waals surface area contributed by atoms with Gasteiger partial charge in [0.15, 0.2) is 5.75 Å². The molecule has 0 spiro atoms. The van der Waals surface area contributed by atoms with Crippen LogP contribution in [0.1, 0.15) is 39.5 Å². The van der Waals surface area contributed by atoms with Crippen molar-refractivity contribution >= 4 is 11.4 Å². The van der Waals surface area contributed by atoms with E-state index in [1.165, 1.54) is 25.7 Å². The molecule has 1 aromatic carbocycles. The van der Waals surface area contributed by atoms with Crippen LogP contribution in [0.25, 0.3) is 0 Å². The molecular weight excluding hydrogens is 268 g/mol. The van der Waals surface area contributed by atoms with Crippen LogP contribution in [0.15, 0.2) is 18.2 Å². The third kappa shape index (κ3) is 3.86. The molecule has 0 aromatic heterocycles. The minimum Gasteiger partial charge on any atom is -0.487 e. The van der Waals surface area contributed by atoms with Crippen LogP contribution < -0.4 is 10.1 Å². The number of nitro groups is 1. The molecule has 5 heteroatoms. The van der Waals surface area contributed by atoms with Crippen molar-refractivity contribution < 1.29 is 9.66 Å². The van der Waals surface area contributed by atoms with Gasteiger partial charge in [-0.25, -0.2) is 0 Å². The van der Waals surface area contributed by atoms with Gasteiger partial charge in [-0.05, 0) is 37.3 Å². The normalized spacial score (nSPS) is 21.8. The maximum atomic E-state index is 11.3. The van der Waals surface area contributed by atoms with Gasteiger partial charge in [0.1, 0.15) is 5.69 Å². The molecule has 1 fully saturated rings. The molecule has 21 heavy (non-hydrogen) atoms. The van der Waals surface area contributed by atoms with Gasteiger partial charge < -0.3 is 10.1 Å². The molecule has 1 saturated carbocycles. The molecule has 2 unspecified atom stereocenters. The van der Waals surface area contributed by atoms with Gasteiger partial charge in [0, 0.05) is 6.54 Å². The quantitative estimate of drug-likeness (QED) is 0.629. The second-order valence-corrected chi connectivity index (χ2v) is 5.75. The third-order valence-corrected chi connectivity index (χ3v) is 4.33. The SMILES string of the molecule is CCOc1cccc(NCC2CCCCC2C)c1[N+](=O)[O-]. The number of benzene rings is 1. The van der Waals surface area contributed by atoms with Crippen LogP contribution in [0.4, 0.5) is 11.4 Å². The summed E-state index contributed by atoms with van der Waals surface area (Å²) in [5.74, 6) is 1.61. The molecule has 116 valence electrons. The lowest BCUT2D eigenvalue weighted by Gasteiger charge is -2.29. The van der Waals surface area contributed by atoms with E-state index in [-0.39, 0.29) is 10.6 Å². The van der Waals surface area contributed by atoms with Gasteiger partial charge in [-0.1, -0.05) is 32.3 Å². The summed E-state index contributed by atoms with van der Waals surface area (Å²) in [5.41, 5.74) is 0.603. The Bertz CT molecular complexity index is 490. The first kappa shape index (κ1) is 15.6. The van der Waals surface area contributed by atoms with E-state index in [0.29, 0.717) is 29.9 Å². The highest BCUT2D eigenvalue weighted by atomic mass is 16.6. The van der Waals surface area contributed by atoms with Crippen LogP contribution in [-0.4, -0.2) is 18.1 Å². The number of hydrogen-bond acceptors (Lipinski definition) is 4. The zero-order valence-electron chi connectivity index (χ0n) is 12.8. The lowest BCUT2D eigenvalue weighted by Crippen LogP contribution is -2.24. The van der Waals surface area contributed by atoms with Crippen molar-refractivity contribution in [2.75, 3.05) is 18.5 Å². The Morgan fingerprint density at radius 3 is 2.81 bits per heavy atom. The summed E-state index contributed by atoms with van der Waals surface area (Å²) >= 11 is 0. The van der Waals surface area contributed by atoms with Crippen molar-refractivity contribution in [3.05, 3.63) is 28.3 Å². The van der Waals surface area contributed by atoms with Gasteiger partial charge in [-0.3, -0.25) is 10.1 Å². The van der Waals surface area contributed by atoms with Gasteiger partial charge in [0.25, 0.3) is 0 Å². The van der Waals surface area contributed by atoms with Crippen LogP contribution in [0.5, 0.6) is 5.75 Å². The first-order valence-corrected chi connectivity index (χ1v) is 7.77. The molecule has 1 aromatic rings. The second-order valence-electron chi connectivity index (χ2n) is 5.75. The van der Waals surface area contributed by atoms with Crippen LogP contribution in [0.2, 0.25) is 0 Å². The minimum atomic E-state index is -0.363. The van der Waals surface area contributed by atoms with E-state index < -0.39 is 0 Å². The van der Waals surface area contributed by atoms with Gasteiger partial charge in [-0.15, -0.1) is 0 Å². The first-order chi connectivity index (χ1) is 10.1.